The van der Waals surface area contributed by atoms with Crippen molar-refractivity contribution in [3.63, 3.8) is 0 Å². The lowest BCUT2D eigenvalue weighted by Crippen LogP contribution is -2.51. The smallest absolute Gasteiger partial charge is 0.0474 e. The second kappa shape index (κ2) is 8.89. The van der Waals surface area contributed by atoms with Crippen LogP contribution in [0.4, 0.5) is 0 Å². The molecule has 1 saturated carbocycles. The van der Waals surface area contributed by atoms with Crippen molar-refractivity contribution in [3.8, 4) is 0 Å². The minimum absolute atomic E-state index is 0.672. The third-order valence-electron chi connectivity index (χ3n) is 4.42. The SMILES string of the molecule is CCCC1CCC(NC)C(N(C)CCCOC)C1. The molecule has 0 heterocycles. The highest BCUT2D eigenvalue weighted by Crippen LogP contribution is 2.30. The Hall–Kier alpha value is -0.120. The van der Waals surface area contributed by atoms with Crippen molar-refractivity contribution in [2.75, 3.05) is 34.4 Å². The van der Waals surface area contributed by atoms with E-state index in [2.05, 4.69) is 31.2 Å². The molecule has 0 amide bonds. The fraction of sp³-hybridized carbons (Fsp3) is 1.00. The maximum atomic E-state index is 5.15. The van der Waals surface area contributed by atoms with Gasteiger partial charge < -0.3 is 15.0 Å². The highest BCUT2D eigenvalue weighted by molar-refractivity contribution is 4.89. The molecule has 0 aromatic carbocycles. The van der Waals surface area contributed by atoms with Gasteiger partial charge in [0.2, 0.25) is 0 Å². The molecule has 0 bridgehead atoms. The van der Waals surface area contributed by atoms with Crippen LogP contribution in [0.3, 0.4) is 0 Å². The molecular weight excluding hydrogens is 224 g/mol. The van der Waals surface area contributed by atoms with Crippen molar-refractivity contribution in [2.45, 2.75) is 57.5 Å². The Morgan fingerprint density at radius 3 is 2.72 bits per heavy atom. The van der Waals surface area contributed by atoms with Gasteiger partial charge >= 0.3 is 0 Å². The molecule has 1 N–H and O–H groups in total. The molecule has 1 aliphatic carbocycles. The first-order valence-corrected chi connectivity index (χ1v) is 7.59. The predicted molar refractivity (Wildman–Crippen MR) is 78.0 cm³/mol. The maximum absolute atomic E-state index is 5.15. The fourth-order valence-electron chi connectivity index (χ4n) is 3.35. The van der Waals surface area contributed by atoms with E-state index in [9.17, 15) is 0 Å². The average Bonchev–Trinajstić information content (AvgIpc) is 2.39. The summed E-state index contributed by atoms with van der Waals surface area (Å²) >= 11 is 0. The molecule has 0 aromatic rings. The summed E-state index contributed by atoms with van der Waals surface area (Å²) in [6.07, 6.45) is 7.97. The molecule has 108 valence electrons. The van der Waals surface area contributed by atoms with Crippen LogP contribution in [-0.4, -0.2) is 51.3 Å². The molecule has 18 heavy (non-hydrogen) atoms. The Labute approximate surface area is 113 Å². The lowest BCUT2D eigenvalue weighted by molar-refractivity contribution is 0.106. The highest BCUT2D eigenvalue weighted by atomic mass is 16.5. The Bertz CT molecular complexity index is 211. The first-order chi connectivity index (χ1) is 8.72. The lowest BCUT2D eigenvalue weighted by Gasteiger charge is -2.41. The summed E-state index contributed by atoms with van der Waals surface area (Å²) in [5, 5.41) is 3.52. The van der Waals surface area contributed by atoms with Gasteiger partial charge in [0, 0.05) is 32.3 Å². The largest absolute Gasteiger partial charge is 0.385 e. The van der Waals surface area contributed by atoms with E-state index in [4.69, 9.17) is 4.74 Å². The van der Waals surface area contributed by atoms with E-state index in [1.807, 2.05) is 0 Å². The van der Waals surface area contributed by atoms with E-state index in [1.54, 1.807) is 7.11 Å². The lowest BCUT2D eigenvalue weighted by atomic mass is 9.79. The minimum atomic E-state index is 0.672. The van der Waals surface area contributed by atoms with Crippen molar-refractivity contribution in [1.82, 2.24) is 10.2 Å². The number of methoxy groups -OCH3 is 1. The zero-order valence-corrected chi connectivity index (χ0v) is 12.7. The van der Waals surface area contributed by atoms with Crippen LogP contribution in [0, 0.1) is 5.92 Å². The molecule has 3 heteroatoms. The Morgan fingerprint density at radius 1 is 1.33 bits per heavy atom. The topological polar surface area (TPSA) is 24.5 Å². The van der Waals surface area contributed by atoms with Crippen LogP contribution in [0.5, 0.6) is 0 Å². The van der Waals surface area contributed by atoms with Gasteiger partial charge in [-0.05, 0) is 45.7 Å². The quantitative estimate of drug-likeness (QED) is 0.675. The van der Waals surface area contributed by atoms with Gasteiger partial charge in [-0.2, -0.15) is 0 Å². The molecule has 3 atom stereocenters. The summed E-state index contributed by atoms with van der Waals surface area (Å²) in [6.45, 7) is 4.33. The number of nitrogens with one attached hydrogen (secondary N) is 1. The van der Waals surface area contributed by atoms with Crippen LogP contribution >= 0.6 is 0 Å². The molecule has 0 aliphatic heterocycles. The Morgan fingerprint density at radius 2 is 2.11 bits per heavy atom. The fourth-order valence-corrected chi connectivity index (χ4v) is 3.35. The molecule has 1 aliphatic rings. The zero-order chi connectivity index (χ0) is 13.4. The molecule has 0 aromatic heterocycles. The minimum Gasteiger partial charge on any atom is -0.385 e. The number of nitrogens with zero attached hydrogens (tertiary/aromatic N) is 1. The van der Waals surface area contributed by atoms with Crippen molar-refractivity contribution < 1.29 is 4.74 Å². The van der Waals surface area contributed by atoms with Crippen LogP contribution in [-0.2, 0) is 4.74 Å². The van der Waals surface area contributed by atoms with E-state index >= 15 is 0 Å². The number of ether oxygens (including phenoxy) is 1. The second-order valence-corrected chi connectivity index (χ2v) is 5.76. The molecule has 0 radical (unpaired) electrons. The number of hydrogen-bond donors (Lipinski definition) is 1. The predicted octanol–water partition coefficient (Wildman–Crippen LogP) is 2.51. The number of hydrogen-bond acceptors (Lipinski definition) is 3. The van der Waals surface area contributed by atoms with Crippen molar-refractivity contribution in [3.05, 3.63) is 0 Å². The van der Waals surface area contributed by atoms with Gasteiger partial charge in [0.05, 0.1) is 0 Å². The van der Waals surface area contributed by atoms with Crippen LogP contribution in [0.15, 0.2) is 0 Å². The molecule has 3 unspecified atom stereocenters. The van der Waals surface area contributed by atoms with Crippen molar-refractivity contribution in [2.24, 2.45) is 5.92 Å². The third-order valence-corrected chi connectivity index (χ3v) is 4.42. The average molecular weight is 256 g/mol. The summed E-state index contributed by atoms with van der Waals surface area (Å²) < 4.78 is 5.15. The van der Waals surface area contributed by atoms with Gasteiger partial charge in [-0.15, -0.1) is 0 Å². The molecule has 1 fully saturated rings. The molecular formula is C15H32N2O. The van der Waals surface area contributed by atoms with Crippen LogP contribution in [0.1, 0.15) is 45.4 Å². The number of likely N-dealkylation sites (N-methyl/N-ethyl adjacent to an activating group) is 2. The normalized spacial score (nSPS) is 28.8. The van der Waals surface area contributed by atoms with E-state index < -0.39 is 0 Å². The zero-order valence-electron chi connectivity index (χ0n) is 12.7. The molecule has 0 spiro atoms. The van der Waals surface area contributed by atoms with Crippen LogP contribution in [0.25, 0.3) is 0 Å². The van der Waals surface area contributed by atoms with Gasteiger partial charge in [-0.25, -0.2) is 0 Å². The summed E-state index contributed by atoms with van der Waals surface area (Å²) in [7, 11) is 6.17. The monoisotopic (exact) mass is 256 g/mol. The summed E-state index contributed by atoms with van der Waals surface area (Å²) in [4.78, 5) is 2.54. The number of rotatable bonds is 8. The van der Waals surface area contributed by atoms with Gasteiger partial charge in [0.25, 0.3) is 0 Å². The van der Waals surface area contributed by atoms with E-state index in [0.717, 1.165) is 25.5 Å². The van der Waals surface area contributed by atoms with E-state index in [0.29, 0.717) is 12.1 Å². The highest BCUT2D eigenvalue weighted by Gasteiger charge is 2.31. The molecule has 3 nitrogen and oxygen atoms in total. The molecule has 1 rings (SSSR count). The van der Waals surface area contributed by atoms with Crippen molar-refractivity contribution >= 4 is 0 Å². The van der Waals surface area contributed by atoms with Crippen LogP contribution < -0.4 is 5.32 Å². The Balaban J connectivity index is 2.45. The maximum Gasteiger partial charge on any atom is 0.0474 e. The Kier molecular flexibility index (Phi) is 7.87. The van der Waals surface area contributed by atoms with Gasteiger partial charge in [0.1, 0.15) is 0 Å². The first-order valence-electron chi connectivity index (χ1n) is 7.59. The van der Waals surface area contributed by atoms with E-state index in [-0.39, 0.29) is 0 Å². The first kappa shape index (κ1) is 15.9. The van der Waals surface area contributed by atoms with Crippen molar-refractivity contribution in [1.29, 1.82) is 0 Å². The van der Waals surface area contributed by atoms with E-state index in [1.165, 1.54) is 32.1 Å². The standard InChI is InChI=1S/C15H32N2O/c1-5-7-13-8-9-14(16-2)15(12-13)17(3)10-6-11-18-4/h13-16H,5-12H2,1-4H3. The van der Waals surface area contributed by atoms with Gasteiger partial charge in [-0.1, -0.05) is 19.8 Å². The van der Waals surface area contributed by atoms with Gasteiger partial charge in [0.15, 0.2) is 0 Å². The summed E-state index contributed by atoms with van der Waals surface area (Å²) in [6, 6.07) is 1.38. The van der Waals surface area contributed by atoms with Gasteiger partial charge in [-0.3, -0.25) is 0 Å². The molecule has 0 saturated heterocycles. The third kappa shape index (κ3) is 4.87. The second-order valence-electron chi connectivity index (χ2n) is 5.76. The summed E-state index contributed by atoms with van der Waals surface area (Å²) in [5.74, 6) is 0.939. The summed E-state index contributed by atoms with van der Waals surface area (Å²) in [5.41, 5.74) is 0. The van der Waals surface area contributed by atoms with Crippen LogP contribution in [0.2, 0.25) is 0 Å².